The topological polar surface area (TPSA) is 49.7 Å². The van der Waals surface area contributed by atoms with E-state index in [0.29, 0.717) is 0 Å². The van der Waals surface area contributed by atoms with E-state index in [4.69, 9.17) is 5.10 Å². The Morgan fingerprint density at radius 1 is 1.07 bits per heavy atom. The van der Waals surface area contributed by atoms with E-state index in [1.807, 2.05) is 36.4 Å². The fourth-order valence-electron chi connectivity index (χ4n) is 4.51. The average Bonchev–Trinajstić information content (AvgIpc) is 3.01. The Morgan fingerprint density at radius 3 is 2.45 bits per heavy atom. The molecule has 5 heteroatoms. The van der Waals surface area contributed by atoms with Gasteiger partial charge in [-0.2, -0.15) is 5.10 Å². The fraction of sp³-hybridized carbons (Fsp3) is 0.375. The number of hydrogen-bond donors (Lipinski definition) is 0. The molecule has 0 aliphatic carbocycles. The summed E-state index contributed by atoms with van der Waals surface area (Å²) < 4.78 is 25.8. The van der Waals surface area contributed by atoms with Crippen LogP contribution in [-0.2, 0) is 9.84 Å². The summed E-state index contributed by atoms with van der Waals surface area (Å²) >= 11 is 0. The number of rotatable bonds is 4. The van der Waals surface area contributed by atoms with Crippen LogP contribution in [0.4, 0.5) is 0 Å². The summed E-state index contributed by atoms with van der Waals surface area (Å²) in [5, 5.41) is 7.11. The normalized spacial score (nSPS) is 24.4. The highest BCUT2D eigenvalue weighted by Crippen LogP contribution is 2.42. The zero-order valence-electron chi connectivity index (χ0n) is 17.3. The summed E-state index contributed by atoms with van der Waals surface area (Å²) in [6, 6.07) is 16.3. The summed E-state index contributed by atoms with van der Waals surface area (Å²) in [5.41, 5.74) is 6.35. The Kier molecular flexibility index (Phi) is 5.34. The van der Waals surface area contributed by atoms with Gasteiger partial charge in [0.1, 0.15) is 0 Å². The monoisotopic (exact) mass is 408 g/mol. The molecule has 4 nitrogen and oxygen atoms in total. The number of aryl methyl sites for hydroxylation is 2. The number of hydrazone groups is 1. The highest BCUT2D eigenvalue weighted by Gasteiger charge is 2.45. The van der Waals surface area contributed by atoms with E-state index in [9.17, 15) is 8.42 Å². The van der Waals surface area contributed by atoms with Crippen LogP contribution in [0.2, 0.25) is 0 Å². The maximum absolute atomic E-state index is 12.9. The lowest BCUT2D eigenvalue weighted by Gasteiger charge is -2.31. The van der Waals surface area contributed by atoms with Crippen molar-refractivity contribution in [3.8, 4) is 0 Å². The van der Waals surface area contributed by atoms with Crippen LogP contribution >= 0.6 is 0 Å². The first-order valence-corrected chi connectivity index (χ1v) is 12.1. The lowest BCUT2D eigenvalue weighted by atomic mass is 9.86. The van der Waals surface area contributed by atoms with Gasteiger partial charge in [0.25, 0.3) is 0 Å². The van der Waals surface area contributed by atoms with Crippen LogP contribution in [0.15, 0.2) is 59.2 Å². The van der Waals surface area contributed by atoms with Crippen molar-refractivity contribution in [3.05, 3.63) is 76.4 Å². The largest absolute Gasteiger partial charge is 0.289 e. The molecule has 2 aliphatic rings. The number of hydrogen-bond acceptors (Lipinski definition) is 4. The first-order valence-electron chi connectivity index (χ1n) is 10.3. The molecule has 0 saturated carbocycles. The molecule has 2 aromatic rings. The second-order valence-corrected chi connectivity index (χ2v) is 10.2. The van der Waals surface area contributed by atoms with E-state index in [0.717, 1.165) is 35.4 Å². The average molecular weight is 409 g/mol. The number of fused-ring (bicyclic) bond motifs is 1. The second-order valence-electron chi connectivity index (χ2n) is 8.14. The molecule has 4 rings (SSSR count). The van der Waals surface area contributed by atoms with Crippen molar-refractivity contribution in [1.82, 2.24) is 5.01 Å². The van der Waals surface area contributed by atoms with Crippen LogP contribution in [0.3, 0.4) is 0 Å². The van der Waals surface area contributed by atoms with Crippen LogP contribution in [0.1, 0.15) is 41.6 Å². The summed E-state index contributed by atoms with van der Waals surface area (Å²) in [6.45, 7) is 7.10. The van der Waals surface area contributed by atoms with Crippen molar-refractivity contribution in [2.24, 2.45) is 11.0 Å². The number of nitrogens with zero attached hydrogens (tertiary/aromatic N) is 2. The summed E-state index contributed by atoms with van der Waals surface area (Å²) in [6.07, 6.45) is 3.00. The predicted molar refractivity (Wildman–Crippen MR) is 120 cm³/mol. The molecule has 2 aromatic carbocycles. The van der Waals surface area contributed by atoms with Crippen LogP contribution in [0, 0.1) is 19.8 Å². The lowest BCUT2D eigenvalue weighted by molar-refractivity contribution is 0.208. The second kappa shape index (κ2) is 7.79. The minimum atomic E-state index is -3.19. The van der Waals surface area contributed by atoms with Gasteiger partial charge in [0.15, 0.2) is 9.84 Å². The van der Waals surface area contributed by atoms with E-state index in [-0.39, 0.29) is 23.5 Å². The van der Waals surface area contributed by atoms with Crippen molar-refractivity contribution in [2.75, 3.05) is 18.1 Å². The van der Waals surface area contributed by atoms with E-state index in [1.54, 1.807) is 0 Å². The molecule has 0 amide bonds. The van der Waals surface area contributed by atoms with Gasteiger partial charge in [0, 0.05) is 12.5 Å². The van der Waals surface area contributed by atoms with Crippen molar-refractivity contribution in [3.63, 3.8) is 0 Å². The number of sulfone groups is 1. The molecule has 0 N–H and O–H groups in total. The Balaban J connectivity index is 1.83. The number of benzene rings is 2. The lowest BCUT2D eigenvalue weighted by Crippen LogP contribution is -2.37. The van der Waals surface area contributed by atoms with Gasteiger partial charge in [0.05, 0.1) is 23.3 Å². The van der Waals surface area contributed by atoms with Crippen LogP contribution in [-0.4, -0.2) is 37.2 Å². The molecular formula is C24H28N2O2S. The minimum absolute atomic E-state index is 0.0264. The molecule has 1 saturated heterocycles. The minimum Gasteiger partial charge on any atom is -0.289 e. The molecule has 2 aliphatic heterocycles. The molecular weight excluding hydrogens is 380 g/mol. The molecule has 0 radical (unpaired) electrons. The third-order valence-electron chi connectivity index (χ3n) is 5.91. The van der Waals surface area contributed by atoms with E-state index in [2.05, 4.69) is 44.0 Å². The Labute approximate surface area is 173 Å². The van der Waals surface area contributed by atoms with E-state index >= 15 is 0 Å². The predicted octanol–water partition coefficient (Wildman–Crippen LogP) is 4.55. The Hall–Kier alpha value is -2.40. The molecule has 152 valence electrons. The first kappa shape index (κ1) is 19.9. The third-order valence-corrected chi connectivity index (χ3v) is 7.52. The van der Waals surface area contributed by atoms with Gasteiger partial charge >= 0.3 is 0 Å². The Bertz CT molecular complexity index is 1090. The summed E-state index contributed by atoms with van der Waals surface area (Å²) in [5.74, 6) is 0.101. The fourth-order valence-corrected chi connectivity index (χ4v) is 6.22. The van der Waals surface area contributed by atoms with E-state index < -0.39 is 9.84 Å². The maximum Gasteiger partial charge on any atom is 0.155 e. The third kappa shape index (κ3) is 3.88. The smallest absolute Gasteiger partial charge is 0.155 e. The van der Waals surface area contributed by atoms with E-state index in [1.165, 1.54) is 11.1 Å². The quantitative estimate of drug-likeness (QED) is 0.745. The first-order chi connectivity index (χ1) is 13.9. The zero-order valence-corrected chi connectivity index (χ0v) is 18.1. The van der Waals surface area contributed by atoms with Crippen LogP contribution < -0.4 is 0 Å². The molecule has 1 fully saturated rings. The van der Waals surface area contributed by atoms with Crippen molar-refractivity contribution < 1.29 is 8.42 Å². The van der Waals surface area contributed by atoms with Crippen molar-refractivity contribution in [2.45, 2.75) is 33.2 Å². The SMILES string of the molecule is CCCN1N=C2/C(=C/c3ccccc3C)CS(=O)(=O)CC2C1c1ccccc1C. The maximum atomic E-state index is 12.9. The summed E-state index contributed by atoms with van der Waals surface area (Å²) in [7, 11) is -3.19. The standard InChI is InChI=1S/C24H28N2O2S/c1-4-13-26-24(21-12-8-6-10-18(21)3)22-16-29(27,28)15-20(23(22)25-26)14-19-11-7-5-9-17(19)2/h5-12,14,22,24H,4,13,15-16H2,1-3H3/b20-14+. The molecule has 2 unspecified atom stereocenters. The van der Waals surface area contributed by atoms with Gasteiger partial charge in [0.2, 0.25) is 0 Å². The van der Waals surface area contributed by atoms with Gasteiger partial charge in [-0.25, -0.2) is 8.42 Å². The molecule has 2 atom stereocenters. The van der Waals surface area contributed by atoms with Gasteiger partial charge in [-0.1, -0.05) is 55.5 Å². The molecule has 2 heterocycles. The molecule has 29 heavy (non-hydrogen) atoms. The van der Waals surface area contributed by atoms with Crippen molar-refractivity contribution in [1.29, 1.82) is 0 Å². The molecule has 0 aromatic heterocycles. The summed E-state index contributed by atoms with van der Waals surface area (Å²) in [4.78, 5) is 0. The van der Waals surface area contributed by atoms with Gasteiger partial charge in [-0.3, -0.25) is 5.01 Å². The highest BCUT2D eigenvalue weighted by atomic mass is 32.2. The Morgan fingerprint density at radius 2 is 1.76 bits per heavy atom. The van der Waals surface area contributed by atoms with Crippen LogP contribution in [0.25, 0.3) is 6.08 Å². The highest BCUT2D eigenvalue weighted by molar-refractivity contribution is 7.91. The molecule has 0 bridgehead atoms. The van der Waals surface area contributed by atoms with Gasteiger partial charge in [-0.15, -0.1) is 0 Å². The van der Waals surface area contributed by atoms with Gasteiger partial charge in [-0.05, 0) is 54.2 Å². The van der Waals surface area contributed by atoms with Gasteiger partial charge < -0.3 is 0 Å². The van der Waals surface area contributed by atoms with Crippen LogP contribution in [0.5, 0.6) is 0 Å². The van der Waals surface area contributed by atoms with Crippen molar-refractivity contribution >= 4 is 21.6 Å². The zero-order chi connectivity index (χ0) is 20.6. The molecule has 0 spiro atoms.